The van der Waals surface area contributed by atoms with E-state index in [1.54, 1.807) is 0 Å². The van der Waals surface area contributed by atoms with Crippen LogP contribution in [0.5, 0.6) is 0 Å². The molecule has 0 atom stereocenters. The Balaban J connectivity index is -0.000000126. The zero-order valence-electron chi connectivity index (χ0n) is 18.7. The van der Waals surface area contributed by atoms with Crippen molar-refractivity contribution in [3.8, 4) is 0 Å². The lowest BCUT2D eigenvalue weighted by atomic mass is 10.1. The van der Waals surface area contributed by atoms with E-state index in [-0.39, 0.29) is 0 Å². The first-order valence-corrected chi connectivity index (χ1v) is 10.1. The van der Waals surface area contributed by atoms with Gasteiger partial charge in [-0.25, -0.2) is 0 Å². The third kappa shape index (κ3) is 34.9. The molecule has 0 spiro atoms. The Morgan fingerprint density at radius 3 is 1.44 bits per heavy atom. The quantitative estimate of drug-likeness (QED) is 0.379. The Morgan fingerprint density at radius 1 is 0.920 bits per heavy atom. The zero-order valence-corrected chi connectivity index (χ0v) is 19.5. The van der Waals surface area contributed by atoms with Gasteiger partial charge in [-0.3, -0.25) is 0 Å². The van der Waals surface area contributed by atoms with Crippen molar-refractivity contribution in [2.45, 2.75) is 88.5 Å². The first-order chi connectivity index (χ1) is 11.9. The van der Waals surface area contributed by atoms with Gasteiger partial charge in [0, 0.05) is 0 Å². The summed E-state index contributed by atoms with van der Waals surface area (Å²) >= 11 is 4.54. The number of thiocarbonyl (C=S) groups is 1. The molecule has 0 heterocycles. The average molecular weight is 365 g/mol. The summed E-state index contributed by atoms with van der Waals surface area (Å²) in [6.45, 7) is 24.0. The number of hydrogen-bond donors (Lipinski definition) is 0. The molecule has 0 N–H and O–H groups in total. The SMILES string of the molecule is C=C/C(=C\CCC)CC.CC.CC.CC(C)=S.Cc1ccc(C)cc1. The van der Waals surface area contributed by atoms with E-state index in [1.165, 1.54) is 29.5 Å². The predicted molar refractivity (Wildman–Crippen MR) is 126 cm³/mol. The predicted octanol–water partition coefficient (Wildman–Crippen LogP) is 9.06. The molecule has 0 saturated carbocycles. The highest BCUT2D eigenvalue weighted by Crippen LogP contribution is 2.03. The van der Waals surface area contributed by atoms with E-state index in [9.17, 15) is 0 Å². The molecule has 0 aromatic heterocycles. The lowest BCUT2D eigenvalue weighted by molar-refractivity contribution is 0.942. The van der Waals surface area contributed by atoms with Gasteiger partial charge >= 0.3 is 0 Å². The van der Waals surface area contributed by atoms with E-state index in [2.05, 4.69) is 76.8 Å². The van der Waals surface area contributed by atoms with E-state index in [4.69, 9.17) is 0 Å². The molecule has 0 aliphatic rings. The largest absolute Gasteiger partial charge is 0.0988 e. The topological polar surface area (TPSA) is 0 Å². The van der Waals surface area contributed by atoms with Crippen LogP contribution in [0, 0.1) is 13.8 Å². The molecule has 146 valence electrons. The average Bonchev–Trinajstić information content (AvgIpc) is 2.62. The molecule has 25 heavy (non-hydrogen) atoms. The lowest BCUT2D eigenvalue weighted by Crippen LogP contribution is -1.72. The third-order valence-corrected chi connectivity index (χ3v) is 2.58. The zero-order chi connectivity index (χ0) is 20.7. The van der Waals surface area contributed by atoms with Crippen LogP contribution in [-0.2, 0) is 0 Å². The minimum atomic E-state index is 1.00. The van der Waals surface area contributed by atoms with Crippen LogP contribution in [0.1, 0.15) is 85.8 Å². The molecule has 0 amide bonds. The van der Waals surface area contributed by atoms with Crippen LogP contribution in [0.4, 0.5) is 0 Å². The van der Waals surface area contributed by atoms with Crippen molar-refractivity contribution in [3.05, 3.63) is 59.7 Å². The van der Waals surface area contributed by atoms with E-state index < -0.39 is 0 Å². The highest BCUT2D eigenvalue weighted by Gasteiger charge is 1.83. The third-order valence-electron chi connectivity index (χ3n) is 2.58. The summed E-state index contributed by atoms with van der Waals surface area (Å²) in [5.41, 5.74) is 4.03. The Labute approximate surface area is 165 Å². The number of hydrogen-bond acceptors (Lipinski definition) is 1. The molecule has 1 heteroatoms. The van der Waals surface area contributed by atoms with Crippen LogP contribution >= 0.6 is 12.2 Å². The van der Waals surface area contributed by atoms with Crippen molar-refractivity contribution in [1.82, 2.24) is 0 Å². The maximum absolute atomic E-state index is 4.54. The number of aryl methyl sites for hydroxylation is 2. The van der Waals surface area contributed by atoms with Gasteiger partial charge < -0.3 is 0 Å². The molecule has 0 bridgehead atoms. The van der Waals surface area contributed by atoms with Gasteiger partial charge in [0.05, 0.1) is 0 Å². The molecule has 1 aromatic rings. The fourth-order valence-corrected chi connectivity index (χ4v) is 1.34. The van der Waals surface area contributed by atoms with Crippen LogP contribution in [0.2, 0.25) is 0 Å². The van der Waals surface area contributed by atoms with Crippen LogP contribution < -0.4 is 0 Å². The minimum Gasteiger partial charge on any atom is -0.0988 e. The lowest BCUT2D eigenvalue weighted by Gasteiger charge is -1.93. The summed E-state index contributed by atoms with van der Waals surface area (Å²) in [5.74, 6) is 0. The maximum atomic E-state index is 4.54. The molecule has 0 nitrogen and oxygen atoms in total. The second-order valence-electron chi connectivity index (χ2n) is 5.19. The van der Waals surface area contributed by atoms with Crippen LogP contribution in [-0.4, -0.2) is 4.86 Å². The summed E-state index contributed by atoms with van der Waals surface area (Å²) in [6, 6.07) is 8.48. The van der Waals surface area contributed by atoms with Crippen molar-refractivity contribution < 1.29 is 0 Å². The Bertz CT molecular complexity index is 385. The summed E-state index contributed by atoms with van der Waals surface area (Å²) in [5, 5.41) is 0. The van der Waals surface area contributed by atoms with Gasteiger partial charge in [0.15, 0.2) is 0 Å². The summed E-state index contributed by atoms with van der Waals surface area (Å²) in [6.07, 6.45) is 7.73. The van der Waals surface area contributed by atoms with Crippen LogP contribution in [0.15, 0.2) is 48.6 Å². The van der Waals surface area contributed by atoms with Crippen molar-refractivity contribution in [2.24, 2.45) is 0 Å². The van der Waals surface area contributed by atoms with E-state index in [1.807, 2.05) is 47.6 Å². The van der Waals surface area contributed by atoms with E-state index >= 15 is 0 Å². The van der Waals surface area contributed by atoms with Gasteiger partial charge in [-0.05, 0) is 45.4 Å². The van der Waals surface area contributed by atoms with Gasteiger partial charge in [-0.2, -0.15) is 0 Å². The van der Waals surface area contributed by atoms with Crippen molar-refractivity contribution in [3.63, 3.8) is 0 Å². The first kappa shape index (κ1) is 31.5. The summed E-state index contributed by atoms with van der Waals surface area (Å²) < 4.78 is 0. The van der Waals surface area contributed by atoms with E-state index in [0.717, 1.165) is 11.3 Å². The number of benzene rings is 1. The fourth-order valence-electron chi connectivity index (χ4n) is 1.34. The first-order valence-electron chi connectivity index (χ1n) is 9.69. The van der Waals surface area contributed by atoms with Crippen molar-refractivity contribution >= 4 is 17.1 Å². The highest BCUT2D eigenvalue weighted by molar-refractivity contribution is 7.80. The van der Waals surface area contributed by atoms with Gasteiger partial charge in [0.25, 0.3) is 0 Å². The Kier molecular flexibility index (Phi) is 34.9. The number of unbranched alkanes of at least 4 members (excludes halogenated alkanes) is 1. The minimum absolute atomic E-state index is 1.00. The fraction of sp³-hybridized carbons (Fsp3) is 0.542. The van der Waals surface area contributed by atoms with Gasteiger partial charge in [-0.15, -0.1) is 0 Å². The summed E-state index contributed by atoms with van der Waals surface area (Å²) in [7, 11) is 0. The Hall–Kier alpha value is -1.21. The maximum Gasteiger partial charge on any atom is -0.0133 e. The van der Waals surface area contributed by atoms with Crippen LogP contribution in [0.25, 0.3) is 0 Å². The molecule has 0 aliphatic heterocycles. The van der Waals surface area contributed by atoms with Crippen molar-refractivity contribution in [2.75, 3.05) is 0 Å². The molecule has 0 aliphatic carbocycles. The van der Waals surface area contributed by atoms with Gasteiger partial charge in [-0.1, -0.05) is 120 Å². The molecule has 1 aromatic carbocycles. The number of rotatable bonds is 4. The monoisotopic (exact) mass is 364 g/mol. The molecule has 0 fully saturated rings. The smallest absolute Gasteiger partial charge is 0.0133 e. The molecule has 0 saturated heterocycles. The highest BCUT2D eigenvalue weighted by atomic mass is 32.1. The standard InChI is InChI=1S/C9H16.C8H10.C3H6S.2C2H6/c1-4-7-8-9(5-2)6-3;1-7-3-5-8(2)6-4-7;1-3(2)4;2*1-2/h5,8H,2,4,6-7H2,1,3H3;3-6H,1-2H3;1-2H3;2*1-2H3/b9-8+;;;;. The van der Waals surface area contributed by atoms with E-state index in [0.29, 0.717) is 0 Å². The second kappa shape index (κ2) is 27.6. The second-order valence-corrected chi connectivity index (χ2v) is 6.00. The normalized spacial score (nSPS) is 8.64. The molecule has 1 rings (SSSR count). The molecule has 0 radical (unpaired) electrons. The van der Waals surface area contributed by atoms with Crippen LogP contribution in [0.3, 0.4) is 0 Å². The molecule has 0 unspecified atom stereocenters. The molecular weight excluding hydrogens is 320 g/mol. The van der Waals surface area contributed by atoms with Gasteiger partial charge in [0.1, 0.15) is 0 Å². The summed E-state index contributed by atoms with van der Waals surface area (Å²) in [4.78, 5) is 1.00. The Morgan fingerprint density at radius 2 is 1.24 bits per heavy atom. The van der Waals surface area contributed by atoms with Crippen molar-refractivity contribution in [1.29, 1.82) is 0 Å². The molecular formula is C24H44S. The van der Waals surface area contributed by atoms with Gasteiger partial charge in [0.2, 0.25) is 0 Å². The number of allylic oxidation sites excluding steroid dienone is 3.